The van der Waals surface area contributed by atoms with Crippen molar-refractivity contribution in [1.82, 2.24) is 26.0 Å². The summed E-state index contributed by atoms with van der Waals surface area (Å²) in [4.78, 5) is 66.0. The Morgan fingerprint density at radius 1 is 0.703 bits per heavy atom. The van der Waals surface area contributed by atoms with Gasteiger partial charge in [0, 0.05) is 0 Å². The van der Waals surface area contributed by atoms with Crippen molar-refractivity contribution in [3.05, 3.63) is 108 Å². The molecule has 0 unspecified atom stereocenters. The minimum Gasteiger partial charge on any atom is -0.318 e. The number of amides is 7. The lowest BCUT2D eigenvalue weighted by atomic mass is 9.82. The molecule has 3 aromatic rings. The highest BCUT2D eigenvalue weighted by atomic mass is 16.2. The predicted molar refractivity (Wildman–Crippen MR) is 131 cm³/mol. The molecular formula is C27H23N5O5. The molecule has 2 aliphatic heterocycles. The summed E-state index contributed by atoms with van der Waals surface area (Å²) in [5, 5.41) is 5.90. The number of nitrogens with one attached hydrogen (secondary N) is 3. The second-order valence-electron chi connectivity index (χ2n) is 8.90. The summed E-state index contributed by atoms with van der Waals surface area (Å²) in [5.41, 5.74) is 0.899. The summed E-state index contributed by atoms with van der Waals surface area (Å²) in [6.07, 6.45) is 0. The number of hydrogen-bond acceptors (Lipinski definition) is 5. The lowest BCUT2D eigenvalue weighted by Crippen LogP contribution is -2.52. The van der Waals surface area contributed by atoms with E-state index >= 15 is 0 Å². The van der Waals surface area contributed by atoms with Gasteiger partial charge in [-0.15, -0.1) is 0 Å². The van der Waals surface area contributed by atoms with Gasteiger partial charge in [-0.05, 0) is 23.6 Å². The minimum atomic E-state index is -1.54. The molecule has 0 saturated carbocycles. The average Bonchev–Trinajstić information content (AvgIpc) is 3.30. The zero-order chi connectivity index (χ0) is 26.2. The zero-order valence-electron chi connectivity index (χ0n) is 19.8. The first-order chi connectivity index (χ1) is 17.8. The molecule has 2 heterocycles. The van der Waals surface area contributed by atoms with Gasteiger partial charge in [-0.1, -0.05) is 91.0 Å². The van der Waals surface area contributed by atoms with Crippen LogP contribution in [0.1, 0.15) is 23.6 Å². The second-order valence-corrected chi connectivity index (χ2v) is 8.90. The maximum atomic E-state index is 13.7. The van der Waals surface area contributed by atoms with Gasteiger partial charge in [0.2, 0.25) is 0 Å². The number of nitrogens with zero attached hydrogens (tertiary/aromatic N) is 2. The van der Waals surface area contributed by atoms with Crippen LogP contribution in [0.15, 0.2) is 91.0 Å². The Morgan fingerprint density at radius 2 is 1.19 bits per heavy atom. The second kappa shape index (κ2) is 8.90. The topological polar surface area (TPSA) is 128 Å². The van der Waals surface area contributed by atoms with Gasteiger partial charge in [-0.3, -0.25) is 24.7 Å². The summed E-state index contributed by atoms with van der Waals surface area (Å²) in [5.74, 6) is -2.24. The van der Waals surface area contributed by atoms with Crippen LogP contribution < -0.4 is 16.1 Å². The molecule has 3 aromatic carbocycles. The van der Waals surface area contributed by atoms with E-state index in [0.29, 0.717) is 21.7 Å². The molecule has 37 heavy (non-hydrogen) atoms. The molecule has 0 bridgehead atoms. The monoisotopic (exact) mass is 497 g/mol. The van der Waals surface area contributed by atoms with E-state index in [-0.39, 0.29) is 0 Å². The Morgan fingerprint density at radius 3 is 1.70 bits per heavy atom. The number of carbonyl (C=O) groups excluding carboxylic acids is 5. The third kappa shape index (κ3) is 3.79. The van der Waals surface area contributed by atoms with E-state index in [1.165, 1.54) is 6.92 Å². The van der Waals surface area contributed by atoms with Gasteiger partial charge < -0.3 is 10.6 Å². The molecule has 2 aliphatic rings. The number of carbonyl (C=O) groups is 5. The van der Waals surface area contributed by atoms with Crippen molar-refractivity contribution in [2.45, 2.75) is 18.0 Å². The quantitative estimate of drug-likeness (QED) is 0.449. The van der Waals surface area contributed by atoms with E-state index in [1.54, 1.807) is 91.0 Å². The van der Waals surface area contributed by atoms with E-state index in [0.717, 1.165) is 4.90 Å². The summed E-state index contributed by atoms with van der Waals surface area (Å²) < 4.78 is 0. The maximum absolute atomic E-state index is 13.7. The first-order valence-corrected chi connectivity index (χ1v) is 11.5. The van der Waals surface area contributed by atoms with Crippen molar-refractivity contribution in [2.75, 3.05) is 6.54 Å². The summed E-state index contributed by atoms with van der Waals surface area (Å²) in [6, 6.07) is 24.4. The van der Waals surface area contributed by atoms with E-state index in [2.05, 4.69) is 16.1 Å². The number of hydrazine groups is 1. The van der Waals surface area contributed by atoms with Crippen LogP contribution >= 0.6 is 0 Å². The standard InChI is InChI=1S/C27H23N5O5/c1-26(18-11-5-2-6-12-18)22(34)32(25(37)28-26)30-21(33)17-31-23(35)27(29-24(31)36,19-13-7-3-8-14-19)20-15-9-4-10-16-20/h2-16H,17H2,1H3,(H,28,37)(H,29,36)(H,30,33)/t26-/m0/s1. The van der Waals surface area contributed by atoms with Crippen LogP contribution in [0.25, 0.3) is 0 Å². The van der Waals surface area contributed by atoms with E-state index in [4.69, 9.17) is 0 Å². The number of imide groups is 2. The Bertz CT molecular complexity index is 1360. The number of rotatable bonds is 6. The van der Waals surface area contributed by atoms with Crippen LogP contribution in [0.4, 0.5) is 9.59 Å². The van der Waals surface area contributed by atoms with Crippen molar-refractivity contribution < 1.29 is 24.0 Å². The van der Waals surface area contributed by atoms with Crippen molar-refractivity contribution in [3.8, 4) is 0 Å². The first-order valence-electron chi connectivity index (χ1n) is 11.5. The Labute approximate surface area is 212 Å². The molecule has 3 N–H and O–H groups in total. The van der Waals surface area contributed by atoms with Crippen LogP contribution in [0.5, 0.6) is 0 Å². The van der Waals surface area contributed by atoms with E-state index < -0.39 is 47.4 Å². The lowest BCUT2D eigenvalue weighted by molar-refractivity contribution is -0.140. The fourth-order valence-electron chi connectivity index (χ4n) is 4.67. The highest BCUT2D eigenvalue weighted by Crippen LogP contribution is 2.36. The Balaban J connectivity index is 1.38. The highest BCUT2D eigenvalue weighted by molar-refractivity contribution is 6.12. The molecule has 0 radical (unpaired) electrons. The molecule has 0 spiro atoms. The number of benzene rings is 3. The molecule has 1 atom stereocenters. The van der Waals surface area contributed by atoms with Gasteiger partial charge in [-0.25, -0.2) is 9.59 Å². The third-order valence-electron chi connectivity index (χ3n) is 6.60. The number of urea groups is 2. The van der Waals surface area contributed by atoms with Crippen LogP contribution in [-0.4, -0.2) is 46.2 Å². The molecule has 0 aromatic heterocycles. The SMILES string of the molecule is C[C@@]1(c2ccccc2)NC(=O)N(NC(=O)CN2C(=O)NC(c3ccccc3)(c3ccccc3)C2=O)C1=O. The minimum absolute atomic E-state index is 0.523. The van der Waals surface area contributed by atoms with Crippen LogP contribution in [-0.2, 0) is 25.5 Å². The summed E-state index contributed by atoms with van der Waals surface area (Å²) >= 11 is 0. The molecule has 0 aliphatic carbocycles. The predicted octanol–water partition coefficient (Wildman–Crippen LogP) is 1.98. The normalized spacial score (nSPS) is 20.6. The van der Waals surface area contributed by atoms with Gasteiger partial charge in [0.1, 0.15) is 12.1 Å². The summed E-state index contributed by atoms with van der Waals surface area (Å²) in [6.45, 7) is 0.825. The molecule has 2 fully saturated rings. The molecule has 2 saturated heterocycles. The largest absolute Gasteiger partial charge is 0.344 e. The Hall–Kier alpha value is -4.99. The van der Waals surface area contributed by atoms with Crippen molar-refractivity contribution in [3.63, 3.8) is 0 Å². The first kappa shape index (κ1) is 23.7. The highest BCUT2D eigenvalue weighted by Gasteiger charge is 2.55. The van der Waals surface area contributed by atoms with Crippen molar-refractivity contribution in [2.24, 2.45) is 0 Å². The molecular weight excluding hydrogens is 474 g/mol. The van der Waals surface area contributed by atoms with Gasteiger partial charge in [0.15, 0.2) is 5.54 Å². The fourth-order valence-corrected chi connectivity index (χ4v) is 4.67. The van der Waals surface area contributed by atoms with E-state index in [9.17, 15) is 24.0 Å². The molecule has 7 amide bonds. The van der Waals surface area contributed by atoms with Crippen LogP contribution in [0, 0.1) is 0 Å². The molecule has 5 rings (SSSR count). The van der Waals surface area contributed by atoms with Gasteiger partial charge in [0.25, 0.3) is 17.7 Å². The third-order valence-corrected chi connectivity index (χ3v) is 6.60. The van der Waals surface area contributed by atoms with Gasteiger partial charge >= 0.3 is 12.1 Å². The van der Waals surface area contributed by atoms with Gasteiger partial charge in [-0.2, -0.15) is 5.01 Å². The van der Waals surface area contributed by atoms with Crippen molar-refractivity contribution >= 4 is 29.8 Å². The molecule has 10 nitrogen and oxygen atoms in total. The number of hydrogen-bond donors (Lipinski definition) is 3. The van der Waals surface area contributed by atoms with Crippen LogP contribution in [0.2, 0.25) is 0 Å². The molecule has 10 heteroatoms. The van der Waals surface area contributed by atoms with E-state index in [1.807, 2.05) is 0 Å². The lowest BCUT2D eigenvalue weighted by Gasteiger charge is -2.28. The Kier molecular flexibility index (Phi) is 5.71. The fraction of sp³-hybridized carbons (Fsp3) is 0.148. The maximum Gasteiger partial charge on any atom is 0.344 e. The summed E-state index contributed by atoms with van der Waals surface area (Å²) in [7, 11) is 0. The molecule has 186 valence electrons. The zero-order valence-corrected chi connectivity index (χ0v) is 19.8. The van der Waals surface area contributed by atoms with Crippen LogP contribution in [0.3, 0.4) is 0 Å². The van der Waals surface area contributed by atoms with Gasteiger partial charge in [0.05, 0.1) is 0 Å². The smallest absolute Gasteiger partial charge is 0.318 e. The average molecular weight is 498 g/mol. The van der Waals surface area contributed by atoms with Crippen molar-refractivity contribution in [1.29, 1.82) is 0 Å².